The summed E-state index contributed by atoms with van der Waals surface area (Å²) in [4.78, 5) is 19.3. The summed E-state index contributed by atoms with van der Waals surface area (Å²) in [5.41, 5.74) is 14.0. The zero-order valence-corrected chi connectivity index (χ0v) is 37.5. The number of hydrogen-bond donors (Lipinski definition) is 1. The van der Waals surface area contributed by atoms with Crippen molar-refractivity contribution in [2.75, 3.05) is 0 Å². The summed E-state index contributed by atoms with van der Waals surface area (Å²) in [5.74, 6) is 2.65. The Balaban J connectivity index is 0.000000231. The molecule has 0 amide bonds. The van der Waals surface area contributed by atoms with Crippen LogP contribution in [0.4, 0.5) is 0 Å². The summed E-state index contributed by atoms with van der Waals surface area (Å²) in [6.07, 6.45) is 13.5. The first kappa shape index (κ1) is 44.9. The predicted molar refractivity (Wildman–Crippen MR) is 257 cm³/mol. The summed E-state index contributed by atoms with van der Waals surface area (Å²) in [6.45, 7) is 29.4. The molecular formula is C51H59B2N5O3. The molecule has 312 valence electrons. The van der Waals surface area contributed by atoms with Crippen LogP contribution in [0, 0.1) is 19.3 Å². The van der Waals surface area contributed by atoms with Gasteiger partial charge >= 0.3 is 14.0 Å². The van der Waals surface area contributed by atoms with E-state index in [2.05, 4.69) is 109 Å². The third-order valence-electron chi connectivity index (χ3n) is 12.5. The molecule has 0 atom stereocenters. The maximum atomic E-state index is 6.22. The standard InChI is InChI=1S/C32H29BN4O2.C11H20BNO.C8H10/c1-7-25-26(8-2)36-30(37-27(25)20-12-10-9-11-13-20)23-16-21-14-15-22-17-24(19-35-29(22)28(21)34-18-23)33-38-31(3,4)32(5,6)39-33;1-10(2)9-12(7-5-6-8-13)14-11(10,3)4;1-7-5-3-4-6-8(7)2/h7-19H,1-2H2,3-6H3;5-8H,9,13H2,1-4H3;3-6H,1-2H3/b;7-5+,8-6+;. The Morgan fingerprint density at radius 1 is 0.656 bits per heavy atom. The Morgan fingerprint density at radius 3 is 1.79 bits per heavy atom. The van der Waals surface area contributed by atoms with Gasteiger partial charge in [0.2, 0.25) is 0 Å². The zero-order valence-electron chi connectivity index (χ0n) is 37.5. The van der Waals surface area contributed by atoms with E-state index in [9.17, 15) is 0 Å². The van der Waals surface area contributed by atoms with Crippen molar-refractivity contribution >= 4 is 53.5 Å². The van der Waals surface area contributed by atoms with E-state index in [-0.39, 0.29) is 17.9 Å². The van der Waals surface area contributed by atoms with Crippen LogP contribution in [0.15, 0.2) is 129 Å². The molecule has 61 heavy (non-hydrogen) atoms. The third kappa shape index (κ3) is 9.78. The smallest absolute Gasteiger partial charge is 0.426 e. The molecule has 8 rings (SSSR count). The molecule has 6 aromatic rings. The minimum absolute atomic E-state index is 0.0472. The number of rotatable bonds is 7. The first-order valence-electron chi connectivity index (χ1n) is 20.9. The van der Waals surface area contributed by atoms with Gasteiger partial charge in [0.15, 0.2) is 5.82 Å². The van der Waals surface area contributed by atoms with E-state index >= 15 is 0 Å². The van der Waals surface area contributed by atoms with Gasteiger partial charge in [0, 0.05) is 45.3 Å². The van der Waals surface area contributed by atoms with Gasteiger partial charge in [-0.1, -0.05) is 118 Å². The fourth-order valence-electron chi connectivity index (χ4n) is 7.18. The number of nitrogens with zero attached hydrogens (tertiary/aromatic N) is 4. The molecule has 2 N–H and O–H groups in total. The van der Waals surface area contributed by atoms with E-state index < -0.39 is 18.3 Å². The highest BCUT2D eigenvalue weighted by molar-refractivity contribution is 6.62. The topological polar surface area (TPSA) is 105 Å². The van der Waals surface area contributed by atoms with Crippen molar-refractivity contribution in [3.8, 4) is 22.6 Å². The largest absolute Gasteiger partial charge is 0.496 e. The molecule has 10 heteroatoms. The first-order valence-corrected chi connectivity index (χ1v) is 20.9. The van der Waals surface area contributed by atoms with Gasteiger partial charge in [-0.05, 0) is 103 Å². The molecule has 2 saturated heterocycles. The lowest BCUT2D eigenvalue weighted by Gasteiger charge is -2.34. The maximum Gasteiger partial charge on any atom is 0.496 e. The van der Waals surface area contributed by atoms with Crippen molar-refractivity contribution in [1.82, 2.24) is 19.9 Å². The molecule has 8 nitrogen and oxygen atoms in total. The van der Waals surface area contributed by atoms with E-state index in [4.69, 9.17) is 39.6 Å². The van der Waals surface area contributed by atoms with Crippen LogP contribution in [0.3, 0.4) is 0 Å². The Kier molecular flexibility index (Phi) is 13.3. The first-order chi connectivity index (χ1) is 28.9. The van der Waals surface area contributed by atoms with Crippen LogP contribution in [-0.4, -0.2) is 50.8 Å². The second-order valence-corrected chi connectivity index (χ2v) is 17.9. The van der Waals surface area contributed by atoms with E-state index in [1.54, 1.807) is 18.3 Å². The molecule has 0 saturated carbocycles. The van der Waals surface area contributed by atoms with Crippen molar-refractivity contribution in [3.05, 3.63) is 151 Å². The van der Waals surface area contributed by atoms with Crippen LogP contribution >= 0.6 is 0 Å². The van der Waals surface area contributed by atoms with Crippen LogP contribution in [0.5, 0.6) is 0 Å². The van der Waals surface area contributed by atoms with Gasteiger partial charge < -0.3 is 19.7 Å². The zero-order chi connectivity index (χ0) is 44.2. The van der Waals surface area contributed by atoms with E-state index in [0.29, 0.717) is 5.82 Å². The van der Waals surface area contributed by atoms with Gasteiger partial charge in [0.05, 0.1) is 39.2 Å². The number of hydrogen-bond acceptors (Lipinski definition) is 8. The minimum Gasteiger partial charge on any atom is -0.426 e. The van der Waals surface area contributed by atoms with Crippen molar-refractivity contribution in [3.63, 3.8) is 0 Å². The molecule has 0 aliphatic carbocycles. The molecule has 3 aromatic carbocycles. The highest BCUT2D eigenvalue weighted by Gasteiger charge is 2.52. The number of fused-ring (bicyclic) bond motifs is 3. The van der Waals surface area contributed by atoms with E-state index in [1.165, 1.54) is 17.3 Å². The highest BCUT2D eigenvalue weighted by atomic mass is 16.7. The van der Waals surface area contributed by atoms with Gasteiger partial charge in [0.25, 0.3) is 0 Å². The lowest BCUT2D eigenvalue weighted by molar-refractivity contribution is 0.00578. The van der Waals surface area contributed by atoms with Crippen LogP contribution in [0.25, 0.3) is 56.6 Å². The Morgan fingerprint density at radius 2 is 1.25 bits per heavy atom. The van der Waals surface area contributed by atoms with Crippen LogP contribution in [0.2, 0.25) is 6.32 Å². The second-order valence-electron chi connectivity index (χ2n) is 17.9. The van der Waals surface area contributed by atoms with Crippen LogP contribution in [0.1, 0.15) is 77.8 Å². The van der Waals surface area contributed by atoms with Gasteiger partial charge in [0.1, 0.15) is 0 Å². The average molecular weight is 812 g/mol. The van der Waals surface area contributed by atoms with E-state index in [1.807, 2.05) is 76.4 Å². The number of nitrogens with two attached hydrogens (primary N) is 1. The lowest BCUT2D eigenvalue weighted by atomic mass is 9.58. The quantitative estimate of drug-likeness (QED) is 0.0965. The second kappa shape index (κ2) is 18.1. The Bertz CT molecular complexity index is 2550. The number of pyridine rings is 2. The SMILES string of the molecule is C=Cc1nc(-c2cnc3c(ccc4cc(B5OC(C)(C)C(C)(C)O5)cnc43)c2)nc(-c2ccccc2)c1C=C.CC1(C)CB(/C=C/C=C/N)OC1(C)C.Cc1ccccc1C. The summed E-state index contributed by atoms with van der Waals surface area (Å²) < 4.78 is 18.4. The number of aryl methyl sites for hydroxylation is 2. The van der Waals surface area contributed by atoms with Crippen molar-refractivity contribution in [2.45, 2.75) is 92.4 Å². The van der Waals surface area contributed by atoms with Crippen LogP contribution in [-0.2, 0) is 14.0 Å². The summed E-state index contributed by atoms with van der Waals surface area (Å²) in [5, 5.41) is 1.93. The maximum absolute atomic E-state index is 6.22. The molecule has 0 radical (unpaired) electrons. The summed E-state index contributed by atoms with van der Waals surface area (Å²) in [7, 11) is -0.466. The summed E-state index contributed by atoms with van der Waals surface area (Å²) in [6, 6.07) is 26.6. The van der Waals surface area contributed by atoms with Crippen molar-refractivity contribution < 1.29 is 14.0 Å². The van der Waals surface area contributed by atoms with Crippen LogP contribution < -0.4 is 11.2 Å². The van der Waals surface area contributed by atoms with Crippen molar-refractivity contribution in [1.29, 1.82) is 0 Å². The molecular weight excluding hydrogens is 752 g/mol. The van der Waals surface area contributed by atoms with Crippen molar-refractivity contribution in [2.24, 2.45) is 11.1 Å². The van der Waals surface area contributed by atoms with Gasteiger partial charge in [-0.15, -0.1) is 0 Å². The van der Waals surface area contributed by atoms with Gasteiger partial charge in [-0.2, -0.15) is 0 Å². The molecule has 0 bridgehead atoms. The number of aromatic nitrogens is 4. The Hall–Kier alpha value is -5.67. The average Bonchev–Trinajstić information content (AvgIpc) is 3.60. The Labute approximate surface area is 363 Å². The number of benzene rings is 3. The molecule has 5 heterocycles. The summed E-state index contributed by atoms with van der Waals surface area (Å²) >= 11 is 0. The number of allylic oxidation sites excluding steroid dienone is 2. The molecule has 0 unspecified atom stereocenters. The molecule has 0 spiro atoms. The third-order valence-corrected chi connectivity index (χ3v) is 12.5. The normalized spacial score (nSPS) is 17.3. The monoisotopic (exact) mass is 811 g/mol. The van der Waals surface area contributed by atoms with Gasteiger partial charge in [-0.3, -0.25) is 9.97 Å². The molecule has 2 aliphatic heterocycles. The fourth-order valence-corrected chi connectivity index (χ4v) is 7.18. The molecule has 2 aliphatic rings. The highest BCUT2D eigenvalue weighted by Crippen LogP contribution is 2.45. The fraction of sp³-hybridized carbons (Fsp3) is 0.294. The lowest BCUT2D eigenvalue weighted by Crippen LogP contribution is -2.41. The molecule has 3 aromatic heterocycles. The molecule has 2 fully saturated rings. The van der Waals surface area contributed by atoms with E-state index in [0.717, 1.165) is 61.7 Å². The predicted octanol–water partition coefficient (Wildman–Crippen LogP) is 11.2. The minimum atomic E-state index is -0.466. The van der Waals surface area contributed by atoms with Gasteiger partial charge in [-0.25, -0.2) is 9.97 Å².